The SMILES string of the molecule is CN(CCCCN)C(O[P+](=O)O)O[P+](=O)O. The van der Waals surface area contributed by atoms with Gasteiger partial charge in [-0.05, 0) is 26.4 Å². The van der Waals surface area contributed by atoms with Crippen LogP contribution in [0.1, 0.15) is 12.8 Å². The van der Waals surface area contributed by atoms with E-state index in [1.807, 2.05) is 0 Å². The number of rotatable bonds is 9. The fraction of sp³-hybridized carbons (Fsp3) is 1.00. The molecule has 0 aliphatic carbocycles. The Kier molecular flexibility index (Phi) is 9.02. The highest BCUT2D eigenvalue weighted by Crippen LogP contribution is 2.27. The Morgan fingerprint density at radius 1 is 1.25 bits per heavy atom. The lowest BCUT2D eigenvalue weighted by Crippen LogP contribution is -2.34. The third-order valence-corrected chi connectivity index (χ3v) is 2.41. The Bertz CT molecular complexity index is 225. The number of hydrogen-bond donors (Lipinski definition) is 3. The van der Waals surface area contributed by atoms with E-state index in [4.69, 9.17) is 15.5 Å². The van der Waals surface area contributed by atoms with Crippen LogP contribution in [0, 0.1) is 0 Å². The smallest absolute Gasteiger partial charge is 0.330 e. The molecule has 2 unspecified atom stereocenters. The molecule has 4 N–H and O–H groups in total. The number of nitrogens with two attached hydrogens (primary N) is 1. The van der Waals surface area contributed by atoms with Gasteiger partial charge in [0.25, 0.3) is 0 Å². The van der Waals surface area contributed by atoms with Gasteiger partial charge in [-0.2, -0.15) is 0 Å². The van der Waals surface area contributed by atoms with Crippen molar-refractivity contribution in [3.63, 3.8) is 0 Å². The Morgan fingerprint density at radius 2 is 1.75 bits per heavy atom. The van der Waals surface area contributed by atoms with Crippen molar-refractivity contribution >= 4 is 16.5 Å². The van der Waals surface area contributed by atoms with Gasteiger partial charge in [0.2, 0.25) is 0 Å². The third-order valence-electron chi connectivity index (χ3n) is 1.69. The number of nitrogens with zero attached hydrogens (tertiary/aromatic N) is 1. The van der Waals surface area contributed by atoms with Crippen LogP contribution in [0.3, 0.4) is 0 Å². The van der Waals surface area contributed by atoms with Gasteiger partial charge in [-0.1, -0.05) is 9.05 Å². The van der Waals surface area contributed by atoms with Gasteiger partial charge in [0.15, 0.2) is 0 Å². The van der Waals surface area contributed by atoms with Gasteiger partial charge in [-0.3, -0.25) is 4.90 Å². The van der Waals surface area contributed by atoms with E-state index >= 15 is 0 Å². The minimum atomic E-state index is -2.90. The lowest BCUT2D eigenvalue weighted by atomic mass is 10.3. The van der Waals surface area contributed by atoms with Gasteiger partial charge in [0.1, 0.15) is 0 Å². The standard InChI is InChI=1S/C6H14N2O6P2/c1-8(5-3-2-4-7)6(13-15(9)10)14-16(11)12/h6H,2-5,7H2,1H3/p+2. The fourth-order valence-electron chi connectivity index (χ4n) is 0.945. The fourth-order valence-corrected chi connectivity index (χ4v) is 1.73. The van der Waals surface area contributed by atoms with Crippen LogP contribution in [0.2, 0.25) is 0 Å². The average molecular weight is 274 g/mol. The maximum Gasteiger partial charge on any atom is 0.699 e. The summed E-state index contributed by atoms with van der Waals surface area (Å²) < 4.78 is 29.8. The van der Waals surface area contributed by atoms with E-state index in [0.29, 0.717) is 13.1 Å². The summed E-state index contributed by atoms with van der Waals surface area (Å²) in [5.74, 6) is 0. The summed E-state index contributed by atoms with van der Waals surface area (Å²) in [6, 6.07) is 0. The zero-order valence-electron chi connectivity index (χ0n) is 8.85. The minimum absolute atomic E-state index is 0.466. The van der Waals surface area contributed by atoms with Crippen LogP contribution in [0.15, 0.2) is 0 Å². The van der Waals surface area contributed by atoms with Crippen LogP contribution in [-0.2, 0) is 18.2 Å². The minimum Gasteiger partial charge on any atom is -0.330 e. The van der Waals surface area contributed by atoms with E-state index < -0.39 is 22.9 Å². The van der Waals surface area contributed by atoms with Gasteiger partial charge in [0, 0.05) is 15.7 Å². The normalized spacial score (nSPS) is 15.1. The molecule has 0 rings (SSSR count). The van der Waals surface area contributed by atoms with E-state index in [0.717, 1.165) is 12.8 Å². The average Bonchev–Trinajstić information content (AvgIpc) is 2.15. The molecule has 0 heterocycles. The topological polar surface area (TPSA) is 122 Å². The zero-order valence-corrected chi connectivity index (χ0v) is 10.6. The van der Waals surface area contributed by atoms with Gasteiger partial charge in [-0.15, -0.1) is 9.79 Å². The summed E-state index contributed by atoms with van der Waals surface area (Å²) in [4.78, 5) is 18.5. The largest absolute Gasteiger partial charge is 0.699 e. The van der Waals surface area contributed by atoms with Crippen LogP contribution in [-0.4, -0.2) is 41.2 Å². The molecule has 94 valence electrons. The molecule has 0 bridgehead atoms. The molecule has 0 radical (unpaired) electrons. The van der Waals surface area contributed by atoms with Crippen molar-refractivity contribution in [1.82, 2.24) is 4.90 Å². The van der Waals surface area contributed by atoms with E-state index in [2.05, 4.69) is 9.05 Å². The van der Waals surface area contributed by atoms with Crippen molar-refractivity contribution in [2.45, 2.75) is 19.3 Å². The summed E-state index contributed by atoms with van der Waals surface area (Å²) in [5, 5.41) is 0. The van der Waals surface area contributed by atoms with Gasteiger partial charge in [-0.25, -0.2) is 0 Å². The highest BCUT2D eigenvalue weighted by molar-refractivity contribution is 7.32. The van der Waals surface area contributed by atoms with Crippen LogP contribution in [0.5, 0.6) is 0 Å². The Labute approximate surface area is 95.2 Å². The molecule has 0 spiro atoms. The molecule has 2 atom stereocenters. The van der Waals surface area contributed by atoms with Crippen molar-refractivity contribution in [2.24, 2.45) is 5.73 Å². The van der Waals surface area contributed by atoms with E-state index in [-0.39, 0.29) is 0 Å². The molecule has 10 heteroatoms. The number of unbranched alkanes of at least 4 members (excludes halogenated alkanes) is 1. The predicted octanol–water partition coefficient (Wildman–Crippen LogP) is 0.273. The molecular weight excluding hydrogens is 258 g/mol. The van der Waals surface area contributed by atoms with Gasteiger partial charge < -0.3 is 5.73 Å². The zero-order chi connectivity index (χ0) is 12.6. The van der Waals surface area contributed by atoms with Crippen molar-refractivity contribution in [3.05, 3.63) is 0 Å². The summed E-state index contributed by atoms with van der Waals surface area (Å²) in [7, 11) is -4.26. The highest BCUT2D eigenvalue weighted by atomic mass is 31.1. The lowest BCUT2D eigenvalue weighted by Gasteiger charge is -2.17. The molecule has 0 saturated heterocycles. The maximum atomic E-state index is 10.4. The van der Waals surface area contributed by atoms with Crippen LogP contribution >= 0.6 is 16.5 Å². The van der Waals surface area contributed by atoms with E-state index in [9.17, 15) is 9.13 Å². The van der Waals surface area contributed by atoms with Crippen molar-refractivity contribution in [2.75, 3.05) is 20.1 Å². The molecule has 0 aromatic heterocycles. The molecule has 0 amide bonds. The molecule has 0 aliphatic heterocycles. The third kappa shape index (κ3) is 8.15. The second-order valence-corrected chi connectivity index (χ2v) is 4.34. The first kappa shape index (κ1) is 16.0. The Balaban J connectivity index is 4.14. The maximum absolute atomic E-state index is 10.4. The number of hydrogen-bond acceptors (Lipinski definition) is 6. The highest BCUT2D eigenvalue weighted by Gasteiger charge is 2.35. The molecular formula is C6H16N2O6P2+2. The van der Waals surface area contributed by atoms with Gasteiger partial charge >= 0.3 is 22.9 Å². The monoisotopic (exact) mass is 274 g/mol. The molecule has 0 aliphatic rings. The van der Waals surface area contributed by atoms with E-state index in [1.54, 1.807) is 7.05 Å². The van der Waals surface area contributed by atoms with Gasteiger partial charge in [0.05, 0.1) is 0 Å². The Hall–Kier alpha value is -0.0400. The summed E-state index contributed by atoms with van der Waals surface area (Å²) in [6.45, 7) is 0.997. The predicted molar refractivity (Wildman–Crippen MR) is 56.5 cm³/mol. The quantitative estimate of drug-likeness (QED) is 0.311. The Morgan fingerprint density at radius 3 is 2.12 bits per heavy atom. The lowest BCUT2D eigenvalue weighted by molar-refractivity contribution is -0.106. The van der Waals surface area contributed by atoms with Crippen LogP contribution in [0.4, 0.5) is 0 Å². The van der Waals surface area contributed by atoms with Crippen molar-refractivity contribution in [1.29, 1.82) is 0 Å². The molecule has 0 saturated carbocycles. The van der Waals surface area contributed by atoms with Crippen molar-refractivity contribution in [3.8, 4) is 0 Å². The molecule has 0 fully saturated rings. The molecule has 8 nitrogen and oxygen atoms in total. The van der Waals surface area contributed by atoms with Crippen LogP contribution < -0.4 is 5.73 Å². The molecule has 16 heavy (non-hydrogen) atoms. The van der Waals surface area contributed by atoms with E-state index in [1.165, 1.54) is 4.90 Å². The summed E-state index contributed by atoms with van der Waals surface area (Å²) >= 11 is 0. The molecule has 0 aromatic rings. The first-order valence-corrected chi connectivity index (χ1v) is 6.79. The summed E-state index contributed by atoms with van der Waals surface area (Å²) in [6.07, 6.45) is 0.175. The first-order valence-electron chi connectivity index (χ1n) is 4.53. The second kappa shape index (κ2) is 9.04. The van der Waals surface area contributed by atoms with Crippen LogP contribution in [0.25, 0.3) is 0 Å². The first-order chi connectivity index (χ1) is 7.47. The van der Waals surface area contributed by atoms with Crippen molar-refractivity contribution < 1.29 is 28.0 Å². The molecule has 0 aromatic carbocycles. The summed E-state index contributed by atoms with van der Waals surface area (Å²) in [5.41, 5.74) is 5.30. The second-order valence-electron chi connectivity index (χ2n) is 2.97.